The van der Waals surface area contributed by atoms with Gasteiger partial charge in [-0.3, -0.25) is 9.59 Å². The van der Waals surface area contributed by atoms with E-state index in [1.54, 1.807) is 19.0 Å². The van der Waals surface area contributed by atoms with Crippen molar-refractivity contribution in [3.8, 4) is 0 Å². The largest absolute Gasteiger partial charge is 0.368 e. The lowest BCUT2D eigenvalue weighted by Crippen LogP contribution is -2.37. The summed E-state index contributed by atoms with van der Waals surface area (Å²) in [5.74, 6) is 1.13. The highest BCUT2D eigenvalue weighted by atomic mass is 16.5. The first-order valence-electron chi connectivity index (χ1n) is 9.68. The van der Waals surface area contributed by atoms with Gasteiger partial charge in [0.1, 0.15) is 6.61 Å². The van der Waals surface area contributed by atoms with Crippen LogP contribution in [0.4, 0.5) is 0 Å². The molecule has 0 aromatic heterocycles. The third-order valence-electron chi connectivity index (χ3n) is 5.78. The normalized spacial score (nSPS) is 25.0. The Morgan fingerprint density at radius 1 is 1.15 bits per heavy atom. The molecule has 26 heavy (non-hydrogen) atoms. The average molecular weight is 358 g/mol. The lowest BCUT2D eigenvalue weighted by atomic mass is 9.79. The van der Waals surface area contributed by atoms with Crippen molar-refractivity contribution in [3.05, 3.63) is 35.9 Å². The molecule has 3 rings (SSSR count). The minimum atomic E-state index is 0.000846. The van der Waals surface area contributed by atoms with Crippen LogP contribution < -0.4 is 0 Å². The zero-order chi connectivity index (χ0) is 18.5. The Kier molecular flexibility index (Phi) is 6.30. The molecule has 0 N–H and O–H groups in total. The number of ether oxygens (including phenoxy) is 1. The van der Waals surface area contributed by atoms with Gasteiger partial charge in [0, 0.05) is 39.5 Å². The highest BCUT2D eigenvalue weighted by Gasteiger charge is 2.42. The minimum Gasteiger partial charge on any atom is -0.368 e. The van der Waals surface area contributed by atoms with Crippen LogP contribution in [0.15, 0.2) is 30.3 Å². The summed E-state index contributed by atoms with van der Waals surface area (Å²) >= 11 is 0. The number of carbonyl (C=O) groups excluding carboxylic acids is 2. The second-order valence-corrected chi connectivity index (χ2v) is 7.78. The molecular weight excluding hydrogens is 328 g/mol. The summed E-state index contributed by atoms with van der Waals surface area (Å²) < 4.78 is 5.95. The molecule has 1 aromatic carbocycles. The number of nitrogens with zero attached hydrogens (tertiary/aromatic N) is 2. The molecule has 2 fully saturated rings. The third-order valence-corrected chi connectivity index (χ3v) is 5.78. The molecule has 1 saturated carbocycles. The van der Waals surface area contributed by atoms with Crippen LogP contribution in [0.3, 0.4) is 0 Å². The number of rotatable bonds is 6. The Labute approximate surface area is 156 Å². The maximum absolute atomic E-state index is 12.6. The molecule has 0 unspecified atom stereocenters. The van der Waals surface area contributed by atoms with Gasteiger partial charge < -0.3 is 14.5 Å². The zero-order valence-electron chi connectivity index (χ0n) is 15.9. The predicted molar refractivity (Wildman–Crippen MR) is 101 cm³/mol. The van der Waals surface area contributed by atoms with Gasteiger partial charge >= 0.3 is 0 Å². The Morgan fingerprint density at radius 2 is 1.92 bits per heavy atom. The van der Waals surface area contributed by atoms with E-state index < -0.39 is 0 Å². The molecular formula is C21H30N2O3. The number of fused-ring (bicyclic) bond motifs is 1. The van der Waals surface area contributed by atoms with Crippen molar-refractivity contribution >= 4 is 11.8 Å². The van der Waals surface area contributed by atoms with E-state index in [1.807, 2.05) is 23.1 Å². The van der Waals surface area contributed by atoms with E-state index in [9.17, 15) is 9.59 Å². The molecule has 0 radical (unpaired) electrons. The summed E-state index contributed by atoms with van der Waals surface area (Å²) in [7, 11) is 3.50. The highest BCUT2D eigenvalue weighted by Crippen LogP contribution is 2.38. The van der Waals surface area contributed by atoms with Gasteiger partial charge in [0.05, 0.1) is 6.10 Å². The van der Waals surface area contributed by atoms with Crippen LogP contribution >= 0.6 is 0 Å². The van der Waals surface area contributed by atoms with Crippen LogP contribution in [-0.2, 0) is 20.7 Å². The first-order chi connectivity index (χ1) is 12.5. The molecule has 1 aliphatic carbocycles. The number of aryl methyl sites for hydroxylation is 1. The van der Waals surface area contributed by atoms with E-state index in [4.69, 9.17) is 4.74 Å². The van der Waals surface area contributed by atoms with E-state index in [0.717, 1.165) is 38.8 Å². The molecule has 1 heterocycles. The number of hydrogen-bond acceptors (Lipinski definition) is 3. The molecule has 3 atom stereocenters. The second kappa shape index (κ2) is 8.67. The summed E-state index contributed by atoms with van der Waals surface area (Å²) in [6.45, 7) is 1.77. The van der Waals surface area contributed by atoms with Gasteiger partial charge in [-0.2, -0.15) is 0 Å². The van der Waals surface area contributed by atoms with E-state index in [1.165, 1.54) is 5.56 Å². The standard InChI is InChI=1S/C21H30N2O3/c1-22(2)21(25)15-26-19-10-6-9-17-13-23(14-18(17)19)20(24)12-11-16-7-4-3-5-8-16/h3-5,7-8,17-19H,6,9-15H2,1-2H3/t17-,18+,19+/m1/s1. The molecule has 1 aliphatic heterocycles. The number of benzene rings is 1. The van der Waals surface area contributed by atoms with Crippen molar-refractivity contribution in [3.63, 3.8) is 0 Å². The fourth-order valence-electron chi connectivity index (χ4n) is 4.19. The monoisotopic (exact) mass is 358 g/mol. The van der Waals surface area contributed by atoms with Gasteiger partial charge in [0.15, 0.2) is 0 Å². The van der Waals surface area contributed by atoms with Crippen molar-refractivity contribution in [2.24, 2.45) is 11.8 Å². The first-order valence-corrected chi connectivity index (χ1v) is 9.68. The second-order valence-electron chi connectivity index (χ2n) is 7.78. The van der Waals surface area contributed by atoms with E-state index in [-0.39, 0.29) is 24.5 Å². The van der Waals surface area contributed by atoms with Gasteiger partial charge in [-0.15, -0.1) is 0 Å². The van der Waals surface area contributed by atoms with Crippen LogP contribution in [0.25, 0.3) is 0 Å². The van der Waals surface area contributed by atoms with Gasteiger partial charge in [0.2, 0.25) is 11.8 Å². The molecule has 5 nitrogen and oxygen atoms in total. The lowest BCUT2D eigenvalue weighted by molar-refractivity contribution is -0.138. The number of likely N-dealkylation sites (N-methyl/N-ethyl adjacent to an activating group) is 1. The first kappa shape index (κ1) is 18.9. The van der Waals surface area contributed by atoms with Crippen LogP contribution in [0.5, 0.6) is 0 Å². The molecule has 0 spiro atoms. The number of likely N-dealkylation sites (tertiary alicyclic amines) is 1. The fourth-order valence-corrected chi connectivity index (χ4v) is 4.19. The van der Waals surface area contributed by atoms with Crippen LogP contribution in [0.1, 0.15) is 31.2 Å². The van der Waals surface area contributed by atoms with E-state index in [0.29, 0.717) is 18.3 Å². The van der Waals surface area contributed by atoms with E-state index in [2.05, 4.69) is 12.1 Å². The maximum Gasteiger partial charge on any atom is 0.248 e. The SMILES string of the molecule is CN(C)C(=O)CO[C@H]1CCC[C@@H]2CN(C(=O)CCc3ccccc3)C[C@@H]21. The smallest absolute Gasteiger partial charge is 0.248 e. The van der Waals surface area contributed by atoms with Crippen molar-refractivity contribution in [2.75, 3.05) is 33.8 Å². The van der Waals surface area contributed by atoms with Crippen molar-refractivity contribution in [1.82, 2.24) is 9.80 Å². The van der Waals surface area contributed by atoms with Crippen LogP contribution in [-0.4, -0.2) is 61.5 Å². The van der Waals surface area contributed by atoms with Crippen molar-refractivity contribution < 1.29 is 14.3 Å². The Morgan fingerprint density at radius 3 is 2.65 bits per heavy atom. The summed E-state index contributed by atoms with van der Waals surface area (Å²) in [4.78, 5) is 28.0. The quantitative estimate of drug-likeness (QED) is 0.784. The van der Waals surface area contributed by atoms with Gasteiger partial charge in [-0.05, 0) is 30.7 Å². The van der Waals surface area contributed by atoms with Gasteiger partial charge in [-0.25, -0.2) is 0 Å². The number of carbonyl (C=O) groups is 2. The maximum atomic E-state index is 12.6. The number of amides is 2. The molecule has 2 aliphatic rings. The summed E-state index contributed by atoms with van der Waals surface area (Å²) in [6, 6.07) is 10.2. The highest BCUT2D eigenvalue weighted by molar-refractivity contribution is 5.77. The Bertz CT molecular complexity index is 617. The lowest BCUT2D eigenvalue weighted by Gasteiger charge is -2.32. The molecule has 1 saturated heterocycles. The van der Waals surface area contributed by atoms with Crippen LogP contribution in [0.2, 0.25) is 0 Å². The van der Waals surface area contributed by atoms with Crippen molar-refractivity contribution in [1.29, 1.82) is 0 Å². The van der Waals surface area contributed by atoms with Gasteiger partial charge in [0.25, 0.3) is 0 Å². The minimum absolute atomic E-state index is 0.000846. The molecule has 0 bridgehead atoms. The van der Waals surface area contributed by atoms with Gasteiger partial charge in [-0.1, -0.05) is 36.8 Å². The van der Waals surface area contributed by atoms with Crippen molar-refractivity contribution in [2.45, 2.75) is 38.2 Å². The molecule has 2 amide bonds. The fraction of sp³-hybridized carbons (Fsp3) is 0.619. The summed E-state index contributed by atoms with van der Waals surface area (Å²) in [5, 5.41) is 0. The summed E-state index contributed by atoms with van der Waals surface area (Å²) in [6.07, 6.45) is 4.73. The van der Waals surface area contributed by atoms with E-state index >= 15 is 0 Å². The Balaban J connectivity index is 1.51. The average Bonchev–Trinajstić information content (AvgIpc) is 3.09. The predicted octanol–water partition coefficient (Wildman–Crippen LogP) is 2.35. The zero-order valence-corrected chi connectivity index (χ0v) is 15.9. The topological polar surface area (TPSA) is 49.9 Å². The molecule has 1 aromatic rings. The number of hydrogen-bond donors (Lipinski definition) is 0. The molecule has 142 valence electrons. The third kappa shape index (κ3) is 4.64. The Hall–Kier alpha value is -1.88. The van der Waals surface area contributed by atoms with Crippen LogP contribution in [0, 0.1) is 11.8 Å². The molecule has 5 heteroatoms. The summed E-state index contributed by atoms with van der Waals surface area (Å²) in [5.41, 5.74) is 1.21.